The van der Waals surface area contributed by atoms with Gasteiger partial charge in [-0.05, 0) is 39.4 Å². The third kappa shape index (κ3) is 11.1. The Labute approximate surface area is 314 Å². The summed E-state index contributed by atoms with van der Waals surface area (Å²) in [6, 6.07) is 44.8. The number of ketones is 1. The quantitative estimate of drug-likeness (QED) is 0.0656. The topological polar surface area (TPSA) is 106 Å². The van der Waals surface area contributed by atoms with Crippen molar-refractivity contribution in [3.8, 4) is 0 Å². The second-order valence-corrected chi connectivity index (χ2v) is 13.3. The van der Waals surface area contributed by atoms with E-state index in [1.807, 2.05) is 127 Å². The van der Waals surface area contributed by atoms with Gasteiger partial charge in [0.15, 0.2) is 0 Å². The number of halogens is 1. The van der Waals surface area contributed by atoms with Crippen molar-refractivity contribution in [1.29, 1.82) is 0 Å². The lowest BCUT2D eigenvalue weighted by molar-refractivity contribution is -0.467. The molecule has 1 aliphatic heterocycles. The van der Waals surface area contributed by atoms with E-state index in [4.69, 9.17) is 35.3 Å². The van der Waals surface area contributed by atoms with Crippen molar-refractivity contribution in [2.45, 2.75) is 63.4 Å². The van der Waals surface area contributed by atoms with Gasteiger partial charge in [-0.2, -0.15) is 0 Å². The summed E-state index contributed by atoms with van der Waals surface area (Å²) >= 11 is 6.56. The summed E-state index contributed by atoms with van der Waals surface area (Å²) in [6.07, 6.45) is -3.50. The summed E-state index contributed by atoms with van der Waals surface area (Å²) in [5, 5.41) is 11.4. The van der Waals surface area contributed by atoms with E-state index < -0.39 is 47.8 Å². The number of rotatable bonds is 18. The van der Waals surface area contributed by atoms with Gasteiger partial charge >= 0.3 is 0 Å². The van der Waals surface area contributed by atoms with E-state index in [0.717, 1.165) is 22.3 Å². The van der Waals surface area contributed by atoms with Crippen LogP contribution in [0.5, 0.6) is 0 Å². The summed E-state index contributed by atoms with van der Waals surface area (Å²) in [5.41, 5.74) is 5.09. The van der Waals surface area contributed by atoms with Crippen LogP contribution in [-0.4, -0.2) is 48.3 Å². The van der Waals surface area contributed by atoms with E-state index >= 15 is 0 Å². The van der Waals surface area contributed by atoms with Crippen LogP contribution in [0.1, 0.15) is 39.5 Å². The van der Waals surface area contributed by atoms with E-state index in [9.17, 15) is 14.9 Å². The Balaban J connectivity index is 1.38. The monoisotopic (exact) mass is 735 g/mol. The Morgan fingerprint density at radius 2 is 1.11 bits per heavy atom. The summed E-state index contributed by atoms with van der Waals surface area (Å²) in [4.78, 5) is 23.0. The Morgan fingerprint density at radius 3 is 1.62 bits per heavy atom. The van der Waals surface area contributed by atoms with Crippen LogP contribution in [0.2, 0.25) is 5.02 Å². The molecule has 0 bridgehead atoms. The van der Waals surface area contributed by atoms with Crippen LogP contribution < -0.4 is 0 Å². The van der Waals surface area contributed by atoms with Gasteiger partial charge in [-0.15, -0.1) is 0 Å². The third-order valence-corrected chi connectivity index (χ3v) is 9.34. The minimum Gasteiger partial charge on any atom is -0.374 e. The molecule has 0 spiro atoms. The van der Waals surface area contributed by atoms with Crippen LogP contribution in [0.25, 0.3) is 0 Å². The maximum Gasteiger partial charge on any atom is 0.261 e. The van der Waals surface area contributed by atoms with Gasteiger partial charge in [0.25, 0.3) is 6.54 Å². The fourth-order valence-corrected chi connectivity index (χ4v) is 6.56. The molecule has 5 aromatic carbocycles. The molecule has 0 saturated carbocycles. The first-order valence-corrected chi connectivity index (χ1v) is 18.0. The molecule has 0 radical (unpaired) electrons. The van der Waals surface area contributed by atoms with E-state index in [0.29, 0.717) is 29.4 Å². The normalized spacial score (nSPS) is 19.8. The van der Waals surface area contributed by atoms with Gasteiger partial charge in [-0.3, -0.25) is 14.9 Å². The van der Waals surface area contributed by atoms with Crippen molar-refractivity contribution in [2.75, 3.05) is 13.2 Å². The number of ether oxygens (including phenoxy) is 5. The maximum atomic E-state index is 12.6. The number of carbonyl (C=O) groups excluding carboxylic acids is 1. The third-order valence-electron chi connectivity index (χ3n) is 8.97. The lowest BCUT2D eigenvalue weighted by Crippen LogP contribution is -2.58. The molecular weight excluding hydrogens is 694 g/mol. The molecule has 0 unspecified atom stereocenters. The van der Waals surface area contributed by atoms with Gasteiger partial charge < -0.3 is 23.7 Å². The number of Topliss-reactive ketones (excluding diaryl/α,β-unsaturated/α-hetero) is 1. The average Bonchev–Trinajstić information content (AvgIpc) is 3.18. The predicted octanol–water partition coefficient (Wildman–Crippen LogP) is 8.14. The van der Waals surface area contributed by atoms with Gasteiger partial charge in [0.1, 0.15) is 30.5 Å². The molecule has 10 heteroatoms. The van der Waals surface area contributed by atoms with Gasteiger partial charge in [0, 0.05) is 16.4 Å². The number of nitro groups is 1. The van der Waals surface area contributed by atoms with E-state index in [1.54, 1.807) is 12.1 Å². The van der Waals surface area contributed by atoms with Crippen LogP contribution in [-0.2, 0) is 61.3 Å². The number of nitrogens with zero attached hydrogens (tertiary/aromatic N) is 1. The summed E-state index contributed by atoms with van der Waals surface area (Å²) in [7, 11) is 0. The highest BCUT2D eigenvalue weighted by molar-refractivity contribution is 6.31. The van der Waals surface area contributed by atoms with Crippen LogP contribution in [0.15, 0.2) is 140 Å². The van der Waals surface area contributed by atoms with Crippen molar-refractivity contribution < 1.29 is 33.4 Å². The lowest BCUT2D eigenvalue weighted by atomic mass is 9.89. The first-order chi connectivity index (χ1) is 25.9. The lowest BCUT2D eigenvalue weighted by Gasteiger charge is -2.46. The van der Waals surface area contributed by atoms with Gasteiger partial charge in [0.2, 0.25) is 5.78 Å². The smallest absolute Gasteiger partial charge is 0.261 e. The number of hydrogen-bond donors (Lipinski definition) is 0. The molecular formula is C43H42ClNO8. The predicted molar refractivity (Wildman–Crippen MR) is 201 cm³/mol. The number of hydrogen-bond acceptors (Lipinski definition) is 8. The molecule has 0 N–H and O–H groups in total. The molecule has 274 valence electrons. The second-order valence-electron chi connectivity index (χ2n) is 12.9. The van der Waals surface area contributed by atoms with Crippen LogP contribution >= 0.6 is 11.6 Å². The Morgan fingerprint density at radius 1 is 0.642 bits per heavy atom. The van der Waals surface area contributed by atoms with Crippen LogP contribution in [0.3, 0.4) is 0 Å². The first-order valence-electron chi connectivity index (χ1n) is 17.6. The van der Waals surface area contributed by atoms with Crippen LogP contribution in [0, 0.1) is 10.1 Å². The zero-order chi connectivity index (χ0) is 36.8. The molecule has 1 heterocycles. The van der Waals surface area contributed by atoms with E-state index in [1.165, 1.54) is 0 Å². The Kier molecular flexibility index (Phi) is 13.9. The van der Waals surface area contributed by atoms with Crippen molar-refractivity contribution in [2.24, 2.45) is 0 Å². The van der Waals surface area contributed by atoms with Gasteiger partial charge in [-0.1, -0.05) is 145 Å². The highest BCUT2D eigenvalue weighted by atomic mass is 35.5. The highest BCUT2D eigenvalue weighted by Gasteiger charge is 2.49. The fourth-order valence-electron chi connectivity index (χ4n) is 6.38. The maximum absolute atomic E-state index is 12.6. The Hall–Kier alpha value is -4.74. The number of carbonyl (C=O) groups is 1. The molecule has 0 aromatic heterocycles. The SMILES string of the molecule is O=C(Cc1cc([C@@H]2O[C@H](COCc3ccccc3)[C@@H](OCc3ccccc3)[C@H](OCc3ccccc3)[C@H]2OCc2ccccc2)ccc1Cl)C[N+](=O)[O-]. The van der Waals surface area contributed by atoms with Gasteiger partial charge in [0.05, 0.1) is 33.0 Å². The van der Waals surface area contributed by atoms with E-state index in [2.05, 4.69) is 0 Å². The second kappa shape index (κ2) is 19.4. The van der Waals surface area contributed by atoms with Crippen molar-refractivity contribution in [3.63, 3.8) is 0 Å². The summed E-state index contributed by atoms with van der Waals surface area (Å²) in [5.74, 6) is -0.555. The number of benzene rings is 5. The minimum atomic E-state index is -0.792. The average molecular weight is 736 g/mol. The molecule has 5 aromatic rings. The zero-order valence-electron chi connectivity index (χ0n) is 29.2. The standard InChI is InChI=1S/C43H42ClNO8/c44-38-22-21-35(23-36(38)24-37(46)25-45(47)48)40-42(51-28-33-17-9-3-10-18-33)43(52-29-34-19-11-4-12-20-34)41(50-27-32-15-7-2-8-16-32)39(53-40)30-49-26-31-13-5-1-6-14-31/h1-23,39-43H,24-30H2/t39-,40+,41-,42+,43+/m1/s1. The molecule has 5 atom stereocenters. The fraction of sp³-hybridized carbons (Fsp3) is 0.279. The molecule has 1 fully saturated rings. The largest absolute Gasteiger partial charge is 0.374 e. The minimum absolute atomic E-state index is 0.184. The highest BCUT2D eigenvalue weighted by Crippen LogP contribution is 2.39. The van der Waals surface area contributed by atoms with Crippen LogP contribution in [0.4, 0.5) is 0 Å². The first kappa shape index (κ1) is 38.0. The molecule has 53 heavy (non-hydrogen) atoms. The zero-order valence-corrected chi connectivity index (χ0v) is 30.0. The molecule has 9 nitrogen and oxygen atoms in total. The molecule has 6 rings (SSSR count). The van der Waals surface area contributed by atoms with E-state index in [-0.39, 0.29) is 26.2 Å². The molecule has 1 aliphatic rings. The molecule has 1 saturated heterocycles. The summed E-state index contributed by atoms with van der Waals surface area (Å²) < 4.78 is 33.6. The van der Waals surface area contributed by atoms with Crippen molar-refractivity contribution in [3.05, 3.63) is 188 Å². The van der Waals surface area contributed by atoms with Gasteiger partial charge in [-0.25, -0.2) is 0 Å². The Bertz CT molecular complexity index is 1880. The van der Waals surface area contributed by atoms with Crippen molar-refractivity contribution >= 4 is 17.4 Å². The summed E-state index contributed by atoms with van der Waals surface area (Å²) in [6.45, 7) is 0.606. The molecule has 0 aliphatic carbocycles. The van der Waals surface area contributed by atoms with Crippen molar-refractivity contribution in [1.82, 2.24) is 0 Å². The molecule has 0 amide bonds.